The Morgan fingerprint density at radius 2 is 1.89 bits per heavy atom. The van der Waals surface area contributed by atoms with Crippen LogP contribution in [0.2, 0.25) is 0 Å². The molecule has 3 nitrogen and oxygen atoms in total. The first kappa shape index (κ1) is 14.0. The van der Waals surface area contributed by atoms with Crippen molar-refractivity contribution in [3.63, 3.8) is 0 Å². The molecule has 1 fully saturated rings. The van der Waals surface area contributed by atoms with Crippen LogP contribution in [-0.2, 0) is 6.54 Å². The van der Waals surface area contributed by atoms with E-state index in [1.807, 2.05) is 0 Å². The molecule has 1 aromatic rings. The SMILES string of the molecule is COc1ccc(OC)c(CNC2(C(F)(F)F)CC2)c1. The number of alkyl halides is 3. The summed E-state index contributed by atoms with van der Waals surface area (Å²) in [5.74, 6) is 1.14. The van der Waals surface area contributed by atoms with Crippen LogP contribution in [0.4, 0.5) is 13.2 Å². The number of methoxy groups -OCH3 is 2. The highest BCUT2D eigenvalue weighted by molar-refractivity contribution is 5.40. The van der Waals surface area contributed by atoms with E-state index in [2.05, 4.69) is 5.32 Å². The van der Waals surface area contributed by atoms with Crippen LogP contribution in [0.15, 0.2) is 18.2 Å². The molecule has 6 heteroatoms. The number of hydrogen-bond donors (Lipinski definition) is 1. The molecule has 1 aliphatic rings. The number of nitrogens with one attached hydrogen (secondary N) is 1. The van der Waals surface area contributed by atoms with Gasteiger partial charge < -0.3 is 9.47 Å². The highest BCUT2D eigenvalue weighted by Gasteiger charge is 2.62. The summed E-state index contributed by atoms with van der Waals surface area (Å²) in [5.41, 5.74) is -1.07. The van der Waals surface area contributed by atoms with Crippen LogP contribution >= 0.6 is 0 Å². The van der Waals surface area contributed by atoms with Gasteiger partial charge in [0.15, 0.2) is 0 Å². The van der Waals surface area contributed by atoms with Crippen LogP contribution in [0.3, 0.4) is 0 Å². The van der Waals surface area contributed by atoms with Gasteiger partial charge in [-0.15, -0.1) is 0 Å². The lowest BCUT2D eigenvalue weighted by Crippen LogP contribution is -2.44. The summed E-state index contributed by atoms with van der Waals surface area (Å²) in [6.45, 7) is 0.0971. The summed E-state index contributed by atoms with van der Waals surface area (Å²) >= 11 is 0. The van der Waals surface area contributed by atoms with Crippen molar-refractivity contribution in [3.8, 4) is 11.5 Å². The maximum absolute atomic E-state index is 12.8. The Bertz CT molecular complexity index is 456. The minimum atomic E-state index is -4.21. The van der Waals surface area contributed by atoms with Crippen molar-refractivity contribution < 1.29 is 22.6 Å². The smallest absolute Gasteiger partial charge is 0.406 e. The Kier molecular flexibility index (Phi) is 3.62. The molecule has 0 radical (unpaired) electrons. The van der Waals surface area contributed by atoms with Gasteiger partial charge >= 0.3 is 6.18 Å². The van der Waals surface area contributed by atoms with Gasteiger partial charge in [-0.2, -0.15) is 13.2 Å². The van der Waals surface area contributed by atoms with E-state index in [1.165, 1.54) is 14.2 Å². The van der Waals surface area contributed by atoms with E-state index in [-0.39, 0.29) is 19.4 Å². The van der Waals surface area contributed by atoms with Gasteiger partial charge in [-0.1, -0.05) is 0 Å². The molecule has 0 atom stereocenters. The van der Waals surface area contributed by atoms with Gasteiger partial charge in [0.1, 0.15) is 17.0 Å². The molecule has 1 N–H and O–H groups in total. The zero-order chi connectivity index (χ0) is 14.1. The summed E-state index contributed by atoms with van der Waals surface area (Å²) in [5, 5.41) is 2.59. The third kappa shape index (κ3) is 2.78. The van der Waals surface area contributed by atoms with Gasteiger partial charge in [-0.05, 0) is 31.0 Å². The number of halogens is 3. The fourth-order valence-corrected chi connectivity index (χ4v) is 1.97. The molecular formula is C13H16F3NO2. The van der Waals surface area contributed by atoms with E-state index in [0.717, 1.165) is 0 Å². The zero-order valence-electron chi connectivity index (χ0n) is 10.8. The predicted octanol–water partition coefficient (Wildman–Crippen LogP) is 2.89. The maximum atomic E-state index is 12.8. The van der Waals surface area contributed by atoms with Crippen molar-refractivity contribution in [2.24, 2.45) is 0 Å². The van der Waals surface area contributed by atoms with Crippen LogP contribution in [0, 0.1) is 0 Å². The summed E-state index contributed by atoms with van der Waals surface area (Å²) in [6, 6.07) is 5.07. The molecule has 1 saturated carbocycles. The molecule has 0 unspecified atom stereocenters. The molecule has 2 rings (SSSR count). The fraction of sp³-hybridized carbons (Fsp3) is 0.538. The van der Waals surface area contributed by atoms with Gasteiger partial charge in [0, 0.05) is 12.1 Å². The van der Waals surface area contributed by atoms with Crippen molar-refractivity contribution in [2.45, 2.75) is 31.1 Å². The first-order valence-corrected chi connectivity index (χ1v) is 5.94. The quantitative estimate of drug-likeness (QED) is 0.896. The molecule has 19 heavy (non-hydrogen) atoms. The van der Waals surface area contributed by atoms with Crippen LogP contribution in [-0.4, -0.2) is 25.9 Å². The number of ether oxygens (including phenoxy) is 2. The molecule has 0 aromatic heterocycles. The molecule has 0 bridgehead atoms. The Labute approximate surface area is 109 Å². The van der Waals surface area contributed by atoms with Crippen LogP contribution in [0.1, 0.15) is 18.4 Å². The highest BCUT2D eigenvalue weighted by atomic mass is 19.4. The van der Waals surface area contributed by atoms with Crippen molar-refractivity contribution in [2.75, 3.05) is 14.2 Å². The second-order valence-electron chi connectivity index (χ2n) is 4.61. The normalized spacial score (nSPS) is 17.1. The number of benzene rings is 1. The van der Waals surface area contributed by atoms with E-state index < -0.39 is 11.7 Å². The number of hydrogen-bond acceptors (Lipinski definition) is 3. The molecule has 106 valence electrons. The van der Waals surface area contributed by atoms with Gasteiger partial charge in [0.2, 0.25) is 0 Å². The molecule has 1 aromatic carbocycles. The topological polar surface area (TPSA) is 30.5 Å². The minimum Gasteiger partial charge on any atom is -0.497 e. The molecule has 0 aliphatic heterocycles. The third-order valence-electron chi connectivity index (χ3n) is 3.40. The summed E-state index contributed by atoms with van der Waals surface area (Å²) in [6.07, 6.45) is -3.95. The molecule has 0 heterocycles. The van der Waals surface area contributed by atoms with Gasteiger partial charge in [-0.3, -0.25) is 5.32 Å². The van der Waals surface area contributed by atoms with E-state index in [4.69, 9.17) is 9.47 Å². The van der Waals surface area contributed by atoms with Crippen molar-refractivity contribution in [1.29, 1.82) is 0 Å². The zero-order valence-corrected chi connectivity index (χ0v) is 10.8. The molecule has 0 spiro atoms. The lowest BCUT2D eigenvalue weighted by molar-refractivity contribution is -0.166. The highest BCUT2D eigenvalue weighted by Crippen LogP contribution is 2.49. The lowest BCUT2D eigenvalue weighted by Gasteiger charge is -2.21. The average molecular weight is 275 g/mol. The lowest BCUT2D eigenvalue weighted by atomic mass is 10.1. The van der Waals surface area contributed by atoms with Gasteiger partial charge in [-0.25, -0.2) is 0 Å². The van der Waals surface area contributed by atoms with E-state index in [0.29, 0.717) is 17.1 Å². The molecule has 1 aliphatic carbocycles. The van der Waals surface area contributed by atoms with Crippen LogP contribution in [0.25, 0.3) is 0 Å². The van der Waals surface area contributed by atoms with E-state index >= 15 is 0 Å². The fourth-order valence-electron chi connectivity index (χ4n) is 1.97. The Morgan fingerprint density at radius 1 is 1.21 bits per heavy atom. The monoisotopic (exact) mass is 275 g/mol. The second-order valence-corrected chi connectivity index (χ2v) is 4.61. The van der Waals surface area contributed by atoms with Crippen LogP contribution in [0.5, 0.6) is 11.5 Å². The Morgan fingerprint density at radius 3 is 2.37 bits per heavy atom. The van der Waals surface area contributed by atoms with E-state index in [9.17, 15) is 13.2 Å². The number of rotatable bonds is 5. The Balaban J connectivity index is 2.11. The standard InChI is InChI=1S/C13H16F3NO2/c1-18-10-3-4-11(19-2)9(7-10)8-17-12(5-6-12)13(14,15)16/h3-4,7,17H,5-6,8H2,1-2H3. The molecule has 0 amide bonds. The minimum absolute atomic E-state index is 0.0971. The summed E-state index contributed by atoms with van der Waals surface area (Å²) < 4.78 is 48.6. The van der Waals surface area contributed by atoms with Gasteiger partial charge in [0.05, 0.1) is 14.2 Å². The van der Waals surface area contributed by atoms with Gasteiger partial charge in [0.25, 0.3) is 0 Å². The third-order valence-corrected chi connectivity index (χ3v) is 3.40. The van der Waals surface area contributed by atoms with Crippen molar-refractivity contribution >= 4 is 0 Å². The predicted molar refractivity (Wildman–Crippen MR) is 64.4 cm³/mol. The molecule has 0 saturated heterocycles. The van der Waals surface area contributed by atoms with Crippen molar-refractivity contribution in [1.82, 2.24) is 5.32 Å². The largest absolute Gasteiger partial charge is 0.497 e. The van der Waals surface area contributed by atoms with Crippen LogP contribution < -0.4 is 14.8 Å². The summed E-state index contributed by atoms with van der Waals surface area (Å²) in [7, 11) is 3.00. The maximum Gasteiger partial charge on any atom is 0.406 e. The average Bonchev–Trinajstić information content (AvgIpc) is 3.16. The Hall–Kier alpha value is -1.43. The first-order valence-electron chi connectivity index (χ1n) is 5.94. The summed E-state index contributed by atoms with van der Waals surface area (Å²) in [4.78, 5) is 0. The van der Waals surface area contributed by atoms with Crippen molar-refractivity contribution in [3.05, 3.63) is 23.8 Å². The molecular weight excluding hydrogens is 259 g/mol. The first-order chi connectivity index (χ1) is 8.92. The van der Waals surface area contributed by atoms with E-state index in [1.54, 1.807) is 18.2 Å². The second kappa shape index (κ2) is 4.92.